The summed E-state index contributed by atoms with van der Waals surface area (Å²) in [6.07, 6.45) is 58.9. The Kier molecular flexibility index (Phi) is 46.5. The molecule has 0 aromatic heterocycles. The quantitative estimate of drug-likeness (QED) is 0.0195. The zero-order valence-corrected chi connectivity index (χ0v) is 44.5. The van der Waals surface area contributed by atoms with Crippen LogP contribution in [0.4, 0.5) is 0 Å². The third-order valence-electron chi connectivity index (χ3n) is 11.8. The summed E-state index contributed by atoms with van der Waals surface area (Å²) in [7, 11) is 1.13. The number of rotatable bonds is 50. The number of phosphoric ester groups is 1. The van der Waals surface area contributed by atoms with E-state index in [9.17, 15) is 19.0 Å². The number of unbranched alkanes of at least 4 members (excludes halogenated alkanes) is 28. The van der Waals surface area contributed by atoms with Crippen LogP contribution in [0, 0.1) is 0 Å². The van der Waals surface area contributed by atoms with E-state index in [1.54, 1.807) is 0 Å². The smallest absolute Gasteiger partial charge is 0.306 e. The molecule has 0 bridgehead atoms. The maximum Gasteiger partial charge on any atom is 0.306 e. The second kappa shape index (κ2) is 48.0. The minimum Gasteiger partial charge on any atom is -0.756 e. The van der Waals surface area contributed by atoms with Crippen molar-refractivity contribution in [2.75, 3.05) is 47.5 Å². The first kappa shape index (κ1) is 64.0. The van der Waals surface area contributed by atoms with Crippen LogP contribution < -0.4 is 4.89 Å². The molecule has 0 heterocycles. The average Bonchev–Trinajstić information content (AvgIpc) is 3.27. The molecule has 386 valence electrons. The van der Waals surface area contributed by atoms with E-state index in [0.717, 1.165) is 51.4 Å². The molecular weight excluding hydrogens is 846 g/mol. The lowest BCUT2D eigenvalue weighted by Crippen LogP contribution is -2.37. The summed E-state index contributed by atoms with van der Waals surface area (Å²) < 4.78 is 34.0. The Balaban J connectivity index is 4.32. The molecule has 2 atom stereocenters. The summed E-state index contributed by atoms with van der Waals surface area (Å²) >= 11 is 0. The summed E-state index contributed by atoms with van der Waals surface area (Å²) in [5.74, 6) is -0.927. The molecule has 0 N–H and O–H groups in total. The van der Waals surface area contributed by atoms with Crippen molar-refractivity contribution >= 4 is 19.8 Å². The van der Waals surface area contributed by atoms with Crippen LogP contribution in [0.2, 0.25) is 0 Å². The number of hydrogen-bond donors (Lipinski definition) is 0. The van der Waals surface area contributed by atoms with E-state index in [1.165, 1.54) is 154 Å². The van der Waals surface area contributed by atoms with Crippen molar-refractivity contribution in [3.05, 3.63) is 48.6 Å². The molecular formula is C56H104NO8P. The lowest BCUT2D eigenvalue weighted by Gasteiger charge is -2.28. The SMILES string of the molecule is CCCCCCCCCCCCCC/C=C\CC/C=C\CCCC(=O)OCC(COP(=O)([O-])OCC[N+](C)(C)C)OC(=O)CCC/C=C\CC/C=C\CCCCCCCCCCCCCC. The molecule has 0 saturated carbocycles. The van der Waals surface area contributed by atoms with Crippen molar-refractivity contribution in [1.82, 2.24) is 0 Å². The highest BCUT2D eigenvalue weighted by atomic mass is 31.2. The first-order chi connectivity index (χ1) is 32.0. The van der Waals surface area contributed by atoms with Gasteiger partial charge in [0, 0.05) is 12.8 Å². The normalized spacial score (nSPS) is 13.7. The predicted octanol–water partition coefficient (Wildman–Crippen LogP) is 16.0. The van der Waals surface area contributed by atoms with Gasteiger partial charge in [-0.1, -0.05) is 204 Å². The van der Waals surface area contributed by atoms with Crippen molar-refractivity contribution in [3.63, 3.8) is 0 Å². The van der Waals surface area contributed by atoms with Gasteiger partial charge < -0.3 is 27.9 Å². The zero-order valence-electron chi connectivity index (χ0n) is 43.6. The van der Waals surface area contributed by atoms with E-state index in [0.29, 0.717) is 23.9 Å². The molecule has 66 heavy (non-hydrogen) atoms. The van der Waals surface area contributed by atoms with Gasteiger partial charge in [-0.05, 0) is 77.0 Å². The largest absolute Gasteiger partial charge is 0.756 e. The molecule has 0 saturated heterocycles. The highest BCUT2D eigenvalue weighted by molar-refractivity contribution is 7.45. The molecule has 0 fully saturated rings. The van der Waals surface area contributed by atoms with Gasteiger partial charge in [0.25, 0.3) is 7.82 Å². The van der Waals surface area contributed by atoms with E-state index in [-0.39, 0.29) is 26.1 Å². The highest BCUT2D eigenvalue weighted by Crippen LogP contribution is 2.38. The number of carbonyl (C=O) groups is 2. The van der Waals surface area contributed by atoms with Crippen molar-refractivity contribution in [3.8, 4) is 0 Å². The van der Waals surface area contributed by atoms with Crippen molar-refractivity contribution < 1.29 is 42.1 Å². The number of hydrogen-bond acceptors (Lipinski definition) is 8. The zero-order chi connectivity index (χ0) is 48.5. The van der Waals surface area contributed by atoms with Gasteiger partial charge in [0.2, 0.25) is 0 Å². The molecule has 0 radical (unpaired) electrons. The maximum absolute atomic E-state index is 12.7. The number of phosphoric acid groups is 1. The topological polar surface area (TPSA) is 111 Å². The van der Waals surface area contributed by atoms with E-state index >= 15 is 0 Å². The standard InChI is InChI=1S/C56H104NO8P/c1-6-8-10-12-14-16-18-20-22-24-26-28-30-32-34-36-38-40-42-44-46-48-55(58)62-52-54(53-64-66(60,61)63-51-50-57(3,4)5)65-56(59)49-47-45-43-41-39-37-35-33-31-29-27-25-23-21-19-17-15-13-11-9-7-2/h32-35,40-43,54H,6-31,36-39,44-53H2,1-5H3/b34-32-,35-33-,42-40-,43-41-. The monoisotopic (exact) mass is 950 g/mol. The van der Waals surface area contributed by atoms with Crippen molar-refractivity contribution in [2.24, 2.45) is 0 Å². The van der Waals surface area contributed by atoms with Crippen molar-refractivity contribution in [2.45, 2.75) is 251 Å². The Morgan fingerprint density at radius 1 is 0.455 bits per heavy atom. The van der Waals surface area contributed by atoms with E-state index in [1.807, 2.05) is 21.1 Å². The summed E-state index contributed by atoms with van der Waals surface area (Å²) in [4.78, 5) is 37.7. The second-order valence-electron chi connectivity index (χ2n) is 19.6. The molecule has 0 aromatic carbocycles. The van der Waals surface area contributed by atoms with Gasteiger partial charge in [-0.3, -0.25) is 14.2 Å². The molecule has 9 nitrogen and oxygen atoms in total. The number of ether oxygens (including phenoxy) is 2. The van der Waals surface area contributed by atoms with Gasteiger partial charge >= 0.3 is 11.9 Å². The number of likely N-dealkylation sites (N-methyl/N-ethyl adjacent to an activating group) is 1. The molecule has 0 aliphatic rings. The third kappa shape index (κ3) is 51.4. The predicted molar refractivity (Wildman–Crippen MR) is 277 cm³/mol. The third-order valence-corrected chi connectivity index (χ3v) is 12.7. The second-order valence-corrected chi connectivity index (χ2v) is 21.0. The fourth-order valence-corrected chi connectivity index (χ4v) is 8.25. The van der Waals surface area contributed by atoms with Gasteiger partial charge in [-0.15, -0.1) is 0 Å². The van der Waals surface area contributed by atoms with E-state index in [2.05, 4.69) is 62.5 Å². The van der Waals surface area contributed by atoms with Gasteiger partial charge in [-0.25, -0.2) is 0 Å². The number of quaternary nitrogens is 1. The summed E-state index contributed by atoms with van der Waals surface area (Å²) in [6, 6.07) is 0. The van der Waals surface area contributed by atoms with Crippen LogP contribution >= 0.6 is 7.82 Å². The maximum atomic E-state index is 12.7. The van der Waals surface area contributed by atoms with Gasteiger partial charge in [0.05, 0.1) is 27.7 Å². The van der Waals surface area contributed by atoms with Gasteiger partial charge in [-0.2, -0.15) is 0 Å². The number of allylic oxidation sites excluding steroid dienone is 8. The Hall–Kier alpha value is -2.03. The Bertz CT molecular complexity index is 1260. The molecule has 2 unspecified atom stereocenters. The first-order valence-electron chi connectivity index (χ1n) is 27.3. The van der Waals surface area contributed by atoms with Crippen LogP contribution in [0.15, 0.2) is 48.6 Å². The van der Waals surface area contributed by atoms with Gasteiger partial charge in [0.1, 0.15) is 19.8 Å². The van der Waals surface area contributed by atoms with Gasteiger partial charge in [0.15, 0.2) is 6.10 Å². The molecule has 0 aliphatic carbocycles. The fourth-order valence-electron chi connectivity index (χ4n) is 7.52. The molecule has 10 heteroatoms. The Morgan fingerprint density at radius 2 is 0.788 bits per heavy atom. The number of carbonyl (C=O) groups excluding carboxylic acids is 2. The van der Waals surface area contributed by atoms with Crippen molar-refractivity contribution in [1.29, 1.82) is 0 Å². The summed E-state index contributed by atoms with van der Waals surface area (Å²) in [6.45, 7) is 4.18. The van der Waals surface area contributed by atoms with E-state index in [4.69, 9.17) is 18.5 Å². The van der Waals surface area contributed by atoms with Crippen LogP contribution in [-0.2, 0) is 32.7 Å². The van der Waals surface area contributed by atoms with Crippen LogP contribution in [0.3, 0.4) is 0 Å². The Labute approximate surface area is 407 Å². The van der Waals surface area contributed by atoms with Crippen LogP contribution in [0.1, 0.15) is 245 Å². The molecule has 0 amide bonds. The van der Waals surface area contributed by atoms with Crippen LogP contribution in [0.25, 0.3) is 0 Å². The molecule has 0 spiro atoms. The van der Waals surface area contributed by atoms with Crippen LogP contribution in [-0.4, -0.2) is 70.0 Å². The highest BCUT2D eigenvalue weighted by Gasteiger charge is 2.21. The number of esters is 2. The lowest BCUT2D eigenvalue weighted by atomic mass is 10.0. The molecule has 0 rings (SSSR count). The minimum absolute atomic E-state index is 0.0440. The summed E-state index contributed by atoms with van der Waals surface area (Å²) in [5, 5.41) is 0. The summed E-state index contributed by atoms with van der Waals surface area (Å²) in [5.41, 5.74) is 0. The molecule has 0 aromatic rings. The first-order valence-corrected chi connectivity index (χ1v) is 28.8. The number of nitrogens with zero attached hydrogens (tertiary/aromatic N) is 1. The van der Waals surface area contributed by atoms with E-state index < -0.39 is 32.5 Å². The Morgan fingerprint density at radius 3 is 1.17 bits per heavy atom. The molecule has 0 aliphatic heterocycles. The lowest BCUT2D eigenvalue weighted by molar-refractivity contribution is -0.870. The minimum atomic E-state index is -4.65. The average molecular weight is 950 g/mol. The fraction of sp³-hybridized carbons (Fsp3) is 0.821. The van der Waals surface area contributed by atoms with Crippen LogP contribution in [0.5, 0.6) is 0 Å².